The molecule has 1 heterocycles. The summed E-state index contributed by atoms with van der Waals surface area (Å²) in [5.74, 6) is -0.810. The molecule has 1 aromatic carbocycles. The first kappa shape index (κ1) is 20.1. The van der Waals surface area contributed by atoms with Crippen LogP contribution in [0.5, 0.6) is 0 Å². The number of carbonyl (C=O) groups excluding carboxylic acids is 3. The molecule has 9 nitrogen and oxygen atoms in total. The fraction of sp³-hybridized carbons (Fsp3) is 0.438. The lowest BCUT2D eigenvalue weighted by molar-refractivity contribution is -0.142. The maximum Gasteiger partial charge on any atom is 0.331 e. The molecule has 1 aromatic rings. The molecule has 0 aliphatic carbocycles. The number of nitrogens with zero attached hydrogens (tertiary/aromatic N) is 3. The van der Waals surface area contributed by atoms with Gasteiger partial charge in [0.2, 0.25) is 5.91 Å². The quantitative estimate of drug-likeness (QED) is 0.550. The zero-order valence-corrected chi connectivity index (χ0v) is 16.2. The summed E-state index contributed by atoms with van der Waals surface area (Å²) < 4.78 is 15.5. The number of likely N-dealkylation sites (tertiary alicyclic amines) is 1. The first-order chi connectivity index (χ1) is 12.1. The topological polar surface area (TPSA) is 102 Å². The van der Waals surface area contributed by atoms with E-state index in [0.29, 0.717) is 0 Å². The Kier molecular flexibility index (Phi) is 6.17. The summed E-state index contributed by atoms with van der Waals surface area (Å²) >= 11 is 0. The maximum absolute atomic E-state index is 12.7. The zero-order valence-electron chi connectivity index (χ0n) is 15.3. The molecule has 142 valence electrons. The Bertz CT molecular complexity index is 725. The van der Waals surface area contributed by atoms with E-state index in [2.05, 4.69) is 10.4 Å². The standard InChI is InChI=1S/C16H24N5O4P/c1-19(2)26(25,20(3)4)18-16(24)21-11-13(15(21)23)17-14(22)10-12-8-6-5-7-9-12/h5-9,13H,10-11H2,1-4H3,(H,17,22)(H,18,24,25)/t13-/m0/s1. The molecule has 1 fully saturated rings. The maximum atomic E-state index is 12.7. The van der Waals surface area contributed by atoms with Crippen LogP contribution in [0.4, 0.5) is 4.79 Å². The third kappa shape index (κ3) is 4.30. The van der Waals surface area contributed by atoms with Crippen LogP contribution in [-0.4, -0.2) is 72.9 Å². The minimum atomic E-state index is -3.29. The SMILES string of the molecule is CN(C)P(=O)(NC(=O)N1C[C@H](NC(=O)Cc2ccccc2)C1=O)N(C)C. The highest BCUT2D eigenvalue weighted by Gasteiger charge is 2.44. The molecule has 1 aliphatic heterocycles. The van der Waals surface area contributed by atoms with Gasteiger partial charge in [0.25, 0.3) is 5.91 Å². The molecule has 4 amide bonds. The molecule has 1 saturated heterocycles. The number of carbonyl (C=O) groups is 3. The average Bonchev–Trinajstić information content (AvgIpc) is 2.58. The monoisotopic (exact) mass is 381 g/mol. The first-order valence-corrected chi connectivity index (χ1v) is 9.69. The van der Waals surface area contributed by atoms with Crippen molar-refractivity contribution in [3.8, 4) is 0 Å². The lowest BCUT2D eigenvalue weighted by Gasteiger charge is -2.39. The van der Waals surface area contributed by atoms with Crippen molar-refractivity contribution in [2.45, 2.75) is 12.5 Å². The van der Waals surface area contributed by atoms with Gasteiger partial charge in [-0.3, -0.25) is 24.1 Å². The molecule has 0 radical (unpaired) electrons. The molecule has 1 atom stereocenters. The predicted octanol–water partition coefficient (Wildman–Crippen LogP) is 0.497. The molecule has 26 heavy (non-hydrogen) atoms. The molecule has 2 N–H and O–H groups in total. The Labute approximate surface area is 152 Å². The Morgan fingerprint density at radius 2 is 1.73 bits per heavy atom. The molecule has 0 aromatic heterocycles. The third-order valence-electron chi connectivity index (χ3n) is 4.04. The van der Waals surface area contributed by atoms with Crippen molar-refractivity contribution in [1.29, 1.82) is 0 Å². The normalized spacial score (nSPS) is 17.2. The van der Waals surface area contributed by atoms with Crippen LogP contribution in [0.3, 0.4) is 0 Å². The van der Waals surface area contributed by atoms with Crippen LogP contribution >= 0.6 is 7.59 Å². The van der Waals surface area contributed by atoms with Crippen LogP contribution in [0.25, 0.3) is 0 Å². The minimum Gasteiger partial charge on any atom is -0.342 e. The van der Waals surface area contributed by atoms with Gasteiger partial charge in [-0.05, 0) is 33.8 Å². The average molecular weight is 381 g/mol. The van der Waals surface area contributed by atoms with Gasteiger partial charge in [0.1, 0.15) is 6.04 Å². The van der Waals surface area contributed by atoms with E-state index in [1.807, 2.05) is 30.3 Å². The Balaban J connectivity index is 1.88. The number of urea groups is 1. The van der Waals surface area contributed by atoms with E-state index in [1.54, 1.807) is 28.2 Å². The molecular weight excluding hydrogens is 357 g/mol. The molecule has 1 aliphatic rings. The van der Waals surface area contributed by atoms with E-state index in [1.165, 1.54) is 9.34 Å². The lowest BCUT2D eigenvalue weighted by atomic mass is 10.1. The highest BCUT2D eigenvalue weighted by Crippen LogP contribution is 2.45. The van der Waals surface area contributed by atoms with Gasteiger partial charge in [-0.25, -0.2) is 14.1 Å². The second-order valence-electron chi connectivity index (χ2n) is 6.39. The van der Waals surface area contributed by atoms with E-state index in [9.17, 15) is 18.9 Å². The molecular formula is C16H24N5O4P. The lowest BCUT2D eigenvalue weighted by Crippen LogP contribution is -2.67. The molecule has 0 bridgehead atoms. The molecule has 2 rings (SSSR count). The fourth-order valence-electron chi connectivity index (χ4n) is 2.49. The molecule has 10 heteroatoms. The summed E-state index contributed by atoms with van der Waals surface area (Å²) in [6.07, 6.45) is 0.160. The van der Waals surface area contributed by atoms with E-state index < -0.39 is 25.6 Å². The van der Waals surface area contributed by atoms with Gasteiger partial charge in [-0.15, -0.1) is 0 Å². The molecule has 0 saturated carbocycles. The van der Waals surface area contributed by atoms with Crippen LogP contribution < -0.4 is 10.4 Å². The summed E-state index contributed by atoms with van der Waals surface area (Å²) in [6, 6.07) is 7.68. The predicted molar refractivity (Wildman–Crippen MR) is 97.3 cm³/mol. The summed E-state index contributed by atoms with van der Waals surface area (Å²) in [4.78, 5) is 37.3. The molecule has 0 unspecified atom stereocenters. The number of nitrogens with one attached hydrogen (secondary N) is 2. The van der Waals surface area contributed by atoms with E-state index in [-0.39, 0.29) is 18.9 Å². The van der Waals surface area contributed by atoms with Crippen LogP contribution in [0, 0.1) is 0 Å². The summed E-state index contributed by atoms with van der Waals surface area (Å²) in [6.45, 7) is 0.0477. The van der Waals surface area contributed by atoms with Crippen molar-refractivity contribution < 1.29 is 18.9 Å². The Hall–Kier alpha value is -2.22. The van der Waals surface area contributed by atoms with Crippen LogP contribution in [-0.2, 0) is 20.6 Å². The minimum absolute atomic E-state index is 0.0477. The van der Waals surface area contributed by atoms with Gasteiger partial charge in [0.05, 0.1) is 13.0 Å². The smallest absolute Gasteiger partial charge is 0.331 e. The second-order valence-corrected chi connectivity index (χ2v) is 9.30. The van der Waals surface area contributed by atoms with Crippen molar-refractivity contribution in [3.05, 3.63) is 35.9 Å². The molecule has 0 spiro atoms. The van der Waals surface area contributed by atoms with E-state index >= 15 is 0 Å². The van der Waals surface area contributed by atoms with Crippen molar-refractivity contribution >= 4 is 25.4 Å². The summed E-state index contributed by atoms with van der Waals surface area (Å²) in [5, 5.41) is 5.01. The fourth-order valence-corrected chi connectivity index (χ4v) is 3.97. The number of imide groups is 1. The highest BCUT2D eigenvalue weighted by molar-refractivity contribution is 7.57. The van der Waals surface area contributed by atoms with Gasteiger partial charge in [0.15, 0.2) is 0 Å². The zero-order chi connectivity index (χ0) is 19.5. The van der Waals surface area contributed by atoms with Crippen molar-refractivity contribution in [1.82, 2.24) is 24.6 Å². The largest absolute Gasteiger partial charge is 0.342 e. The van der Waals surface area contributed by atoms with Crippen LogP contribution in [0.1, 0.15) is 5.56 Å². The van der Waals surface area contributed by atoms with Crippen LogP contribution in [0.2, 0.25) is 0 Å². The second kappa shape index (κ2) is 7.99. The summed E-state index contributed by atoms with van der Waals surface area (Å²) in [7, 11) is 3.01. The number of hydrogen-bond acceptors (Lipinski definition) is 4. The Morgan fingerprint density at radius 3 is 2.23 bits per heavy atom. The van der Waals surface area contributed by atoms with E-state index in [0.717, 1.165) is 10.5 Å². The van der Waals surface area contributed by atoms with Gasteiger partial charge < -0.3 is 5.32 Å². The number of β-lactam (4-membered cyclic amide) rings is 1. The number of rotatable bonds is 6. The van der Waals surface area contributed by atoms with Crippen molar-refractivity contribution in [3.63, 3.8) is 0 Å². The van der Waals surface area contributed by atoms with Crippen molar-refractivity contribution in [2.75, 3.05) is 34.7 Å². The Morgan fingerprint density at radius 1 is 1.15 bits per heavy atom. The van der Waals surface area contributed by atoms with E-state index in [4.69, 9.17) is 0 Å². The van der Waals surface area contributed by atoms with Gasteiger partial charge in [-0.1, -0.05) is 30.3 Å². The number of amides is 4. The van der Waals surface area contributed by atoms with Crippen LogP contribution in [0.15, 0.2) is 30.3 Å². The first-order valence-electron chi connectivity index (χ1n) is 8.07. The van der Waals surface area contributed by atoms with Gasteiger partial charge in [-0.2, -0.15) is 0 Å². The number of benzene rings is 1. The summed E-state index contributed by atoms with van der Waals surface area (Å²) in [5.41, 5.74) is 0.837. The number of hydrogen-bond donors (Lipinski definition) is 2. The van der Waals surface area contributed by atoms with Crippen molar-refractivity contribution in [2.24, 2.45) is 0 Å². The highest BCUT2D eigenvalue weighted by atomic mass is 31.2. The van der Waals surface area contributed by atoms with Gasteiger partial charge in [0, 0.05) is 0 Å². The van der Waals surface area contributed by atoms with Gasteiger partial charge >= 0.3 is 13.6 Å². The third-order valence-corrected chi connectivity index (χ3v) is 6.69.